The fourth-order valence-corrected chi connectivity index (χ4v) is 4.64. The summed E-state index contributed by atoms with van der Waals surface area (Å²) in [6, 6.07) is 10.5. The van der Waals surface area contributed by atoms with Crippen LogP contribution < -0.4 is 0 Å². The summed E-state index contributed by atoms with van der Waals surface area (Å²) in [6.07, 6.45) is 4.57. The molecule has 2 fully saturated rings. The zero-order valence-electron chi connectivity index (χ0n) is 16.2. The molecule has 0 bridgehead atoms. The van der Waals surface area contributed by atoms with Crippen molar-refractivity contribution in [2.75, 3.05) is 26.7 Å². The molecule has 1 unspecified atom stereocenters. The largest absolute Gasteiger partial charge is 0.343 e. The topological polar surface area (TPSA) is 62.5 Å². The van der Waals surface area contributed by atoms with E-state index >= 15 is 0 Å². The lowest BCUT2D eigenvalue weighted by molar-refractivity contribution is -0.133. The molecule has 0 saturated carbocycles. The molecule has 144 valence electrons. The van der Waals surface area contributed by atoms with Crippen molar-refractivity contribution in [3.8, 4) is 0 Å². The third-order valence-electron chi connectivity index (χ3n) is 6.22. The number of likely N-dealkylation sites (tertiary alicyclic amines) is 2. The molecule has 6 nitrogen and oxygen atoms in total. The highest BCUT2D eigenvalue weighted by atomic mass is 16.5. The van der Waals surface area contributed by atoms with E-state index in [2.05, 4.69) is 39.1 Å². The van der Waals surface area contributed by atoms with Crippen LogP contribution in [0, 0.1) is 12.3 Å². The predicted octanol–water partition coefficient (Wildman–Crippen LogP) is 3.00. The number of piperidine rings is 1. The normalized spacial score (nSPS) is 22.4. The second-order valence-electron chi connectivity index (χ2n) is 8.18. The Morgan fingerprint density at radius 1 is 1.26 bits per heavy atom. The van der Waals surface area contributed by atoms with E-state index in [-0.39, 0.29) is 17.4 Å². The number of carbonyl (C=O) groups excluding carboxylic acids is 1. The Bertz CT molecular complexity index is 780. The zero-order valence-corrected chi connectivity index (χ0v) is 16.2. The second-order valence-corrected chi connectivity index (χ2v) is 8.18. The molecule has 3 heterocycles. The van der Waals surface area contributed by atoms with Gasteiger partial charge < -0.3 is 9.42 Å². The average molecular weight is 368 g/mol. The minimum absolute atomic E-state index is 0.200. The first-order valence-corrected chi connectivity index (χ1v) is 9.87. The van der Waals surface area contributed by atoms with Crippen molar-refractivity contribution in [3.63, 3.8) is 0 Å². The maximum atomic E-state index is 12.6. The monoisotopic (exact) mass is 368 g/mol. The molecule has 1 atom stereocenters. The van der Waals surface area contributed by atoms with Gasteiger partial charge in [0.25, 0.3) is 0 Å². The Kier molecular flexibility index (Phi) is 5.00. The summed E-state index contributed by atoms with van der Waals surface area (Å²) in [4.78, 5) is 21.4. The van der Waals surface area contributed by atoms with Gasteiger partial charge in [-0.2, -0.15) is 4.98 Å². The Balaban J connectivity index is 1.31. The highest BCUT2D eigenvalue weighted by Crippen LogP contribution is 2.47. The van der Waals surface area contributed by atoms with E-state index in [1.165, 1.54) is 5.56 Å². The van der Waals surface area contributed by atoms with Crippen LogP contribution in [0.1, 0.15) is 49.0 Å². The van der Waals surface area contributed by atoms with E-state index < -0.39 is 0 Å². The van der Waals surface area contributed by atoms with Gasteiger partial charge in [-0.3, -0.25) is 9.69 Å². The van der Waals surface area contributed by atoms with Crippen LogP contribution in [0.3, 0.4) is 0 Å². The van der Waals surface area contributed by atoms with Crippen molar-refractivity contribution in [3.05, 3.63) is 47.6 Å². The second kappa shape index (κ2) is 7.43. The SMILES string of the molecule is Cc1noc(C2CC3(CCN(C(=O)CCc4ccccc4)CC3)CN2C)n1. The molecule has 1 aromatic heterocycles. The number of hydrogen-bond donors (Lipinski definition) is 0. The van der Waals surface area contributed by atoms with Crippen LogP contribution in [-0.2, 0) is 11.2 Å². The molecule has 4 rings (SSSR count). The van der Waals surface area contributed by atoms with Gasteiger partial charge in [0.05, 0.1) is 6.04 Å². The van der Waals surface area contributed by atoms with Gasteiger partial charge in [0, 0.05) is 26.1 Å². The summed E-state index contributed by atoms with van der Waals surface area (Å²) in [5, 5.41) is 3.94. The standard InChI is InChI=1S/C21H28N4O2/c1-16-22-20(27-23-16)18-14-21(15-24(18)2)10-12-25(13-11-21)19(26)9-8-17-6-4-3-5-7-17/h3-7,18H,8-15H2,1-2H3. The molecular weight excluding hydrogens is 340 g/mol. The minimum atomic E-state index is 0.200. The highest BCUT2D eigenvalue weighted by Gasteiger charge is 2.46. The van der Waals surface area contributed by atoms with E-state index in [0.29, 0.717) is 12.2 Å². The Labute approximate surface area is 160 Å². The molecule has 6 heteroatoms. The van der Waals surface area contributed by atoms with Crippen molar-refractivity contribution >= 4 is 5.91 Å². The molecule has 27 heavy (non-hydrogen) atoms. The Hall–Kier alpha value is -2.21. The van der Waals surface area contributed by atoms with Gasteiger partial charge in [0.15, 0.2) is 5.82 Å². The van der Waals surface area contributed by atoms with Crippen LogP contribution in [0.15, 0.2) is 34.9 Å². The number of nitrogens with zero attached hydrogens (tertiary/aromatic N) is 4. The van der Waals surface area contributed by atoms with E-state index in [1.807, 2.05) is 25.1 Å². The lowest BCUT2D eigenvalue weighted by Gasteiger charge is -2.39. The van der Waals surface area contributed by atoms with Crippen molar-refractivity contribution in [1.82, 2.24) is 19.9 Å². The fourth-order valence-electron chi connectivity index (χ4n) is 4.64. The molecule has 0 aliphatic carbocycles. The van der Waals surface area contributed by atoms with Crippen LogP contribution >= 0.6 is 0 Å². The van der Waals surface area contributed by atoms with E-state index in [4.69, 9.17) is 4.52 Å². The summed E-state index contributed by atoms with van der Waals surface area (Å²) in [5.41, 5.74) is 1.49. The fraction of sp³-hybridized carbons (Fsp3) is 0.571. The third kappa shape index (κ3) is 3.90. The molecule has 1 amide bonds. The molecule has 1 aromatic carbocycles. The van der Waals surface area contributed by atoms with Crippen LogP contribution in [0.25, 0.3) is 0 Å². The maximum absolute atomic E-state index is 12.6. The van der Waals surface area contributed by atoms with E-state index in [0.717, 1.165) is 51.2 Å². The molecule has 1 spiro atoms. The van der Waals surface area contributed by atoms with Gasteiger partial charge in [-0.1, -0.05) is 35.5 Å². The summed E-state index contributed by atoms with van der Waals surface area (Å²) in [7, 11) is 2.14. The van der Waals surface area contributed by atoms with Crippen molar-refractivity contribution in [1.29, 1.82) is 0 Å². The molecule has 0 N–H and O–H groups in total. The first-order valence-electron chi connectivity index (χ1n) is 9.87. The first-order chi connectivity index (χ1) is 13.0. The zero-order chi connectivity index (χ0) is 18.9. The van der Waals surface area contributed by atoms with Gasteiger partial charge in [0.1, 0.15) is 0 Å². The van der Waals surface area contributed by atoms with Crippen LogP contribution in [-0.4, -0.2) is 52.5 Å². The van der Waals surface area contributed by atoms with E-state index in [9.17, 15) is 4.79 Å². The first kappa shape index (κ1) is 18.2. The summed E-state index contributed by atoms with van der Waals surface area (Å²) < 4.78 is 5.42. The Morgan fingerprint density at radius 2 is 2.00 bits per heavy atom. The number of carbonyl (C=O) groups is 1. The number of aryl methyl sites for hydroxylation is 2. The number of benzene rings is 1. The number of aromatic nitrogens is 2. The van der Waals surface area contributed by atoms with Gasteiger partial charge in [0.2, 0.25) is 11.8 Å². The maximum Gasteiger partial charge on any atom is 0.243 e. The lowest BCUT2D eigenvalue weighted by Crippen LogP contribution is -2.44. The molecule has 2 aromatic rings. The molecule has 0 radical (unpaired) electrons. The molecule has 2 aliphatic heterocycles. The smallest absolute Gasteiger partial charge is 0.243 e. The Morgan fingerprint density at radius 3 is 2.67 bits per heavy atom. The lowest BCUT2D eigenvalue weighted by atomic mass is 9.76. The van der Waals surface area contributed by atoms with Crippen molar-refractivity contribution in [2.45, 2.75) is 45.1 Å². The molecule has 2 saturated heterocycles. The van der Waals surface area contributed by atoms with Gasteiger partial charge >= 0.3 is 0 Å². The third-order valence-corrected chi connectivity index (χ3v) is 6.22. The molecule has 2 aliphatic rings. The number of rotatable bonds is 4. The molecular formula is C21H28N4O2. The number of hydrogen-bond acceptors (Lipinski definition) is 5. The van der Waals surface area contributed by atoms with Gasteiger partial charge in [-0.25, -0.2) is 0 Å². The van der Waals surface area contributed by atoms with Crippen LogP contribution in [0.4, 0.5) is 0 Å². The summed E-state index contributed by atoms with van der Waals surface area (Å²) in [5.74, 6) is 1.70. The van der Waals surface area contributed by atoms with E-state index in [1.54, 1.807) is 0 Å². The van der Waals surface area contributed by atoms with Crippen LogP contribution in [0.5, 0.6) is 0 Å². The van der Waals surface area contributed by atoms with Crippen molar-refractivity contribution < 1.29 is 9.32 Å². The highest BCUT2D eigenvalue weighted by molar-refractivity contribution is 5.76. The minimum Gasteiger partial charge on any atom is -0.343 e. The summed E-state index contributed by atoms with van der Waals surface area (Å²) >= 11 is 0. The predicted molar refractivity (Wildman–Crippen MR) is 102 cm³/mol. The quantitative estimate of drug-likeness (QED) is 0.830. The average Bonchev–Trinajstić information content (AvgIpc) is 3.24. The van der Waals surface area contributed by atoms with Gasteiger partial charge in [-0.15, -0.1) is 0 Å². The van der Waals surface area contributed by atoms with Crippen LogP contribution in [0.2, 0.25) is 0 Å². The number of amides is 1. The van der Waals surface area contributed by atoms with Crippen molar-refractivity contribution in [2.24, 2.45) is 5.41 Å². The van der Waals surface area contributed by atoms with Gasteiger partial charge in [-0.05, 0) is 50.6 Å². The summed E-state index contributed by atoms with van der Waals surface area (Å²) in [6.45, 7) is 4.61.